The zero-order valence-corrected chi connectivity index (χ0v) is 20.9. The summed E-state index contributed by atoms with van der Waals surface area (Å²) in [5.74, 6) is 1.23. The number of ether oxygens (including phenoxy) is 1. The van der Waals surface area contributed by atoms with Gasteiger partial charge in [0.2, 0.25) is 11.9 Å². The third-order valence-corrected chi connectivity index (χ3v) is 7.30. The summed E-state index contributed by atoms with van der Waals surface area (Å²) in [6.07, 6.45) is 1.37. The summed E-state index contributed by atoms with van der Waals surface area (Å²) in [5.41, 5.74) is 4.40. The van der Waals surface area contributed by atoms with Crippen molar-refractivity contribution in [1.29, 1.82) is 0 Å². The van der Waals surface area contributed by atoms with Crippen LogP contribution in [0.15, 0.2) is 58.7 Å². The average Bonchev–Trinajstić information content (AvgIpc) is 3.33. The van der Waals surface area contributed by atoms with Gasteiger partial charge in [-0.25, -0.2) is 9.55 Å². The van der Waals surface area contributed by atoms with E-state index in [1.54, 1.807) is 11.7 Å². The van der Waals surface area contributed by atoms with E-state index < -0.39 is 0 Å². The first-order valence-corrected chi connectivity index (χ1v) is 12.6. The molecule has 1 aliphatic rings. The number of benzene rings is 2. The summed E-state index contributed by atoms with van der Waals surface area (Å²) in [6.45, 7) is 5.33. The molecule has 3 heterocycles. The Labute approximate surface area is 208 Å². The molecule has 0 atom stereocenters. The van der Waals surface area contributed by atoms with E-state index in [4.69, 9.17) is 9.72 Å². The number of piperidine rings is 1. The molecular weight excluding hydrogens is 460 g/mol. The number of hydrogen-bond donors (Lipinski definition) is 1. The van der Waals surface area contributed by atoms with Crippen LogP contribution in [0, 0.1) is 19.8 Å². The van der Waals surface area contributed by atoms with Crippen molar-refractivity contribution in [1.82, 2.24) is 9.55 Å². The summed E-state index contributed by atoms with van der Waals surface area (Å²) in [4.78, 5) is 33.4. The van der Waals surface area contributed by atoms with E-state index in [9.17, 15) is 9.59 Å². The minimum Gasteiger partial charge on any atom is -0.497 e. The Kier molecular flexibility index (Phi) is 6.30. The van der Waals surface area contributed by atoms with Gasteiger partial charge in [-0.1, -0.05) is 12.1 Å². The number of anilines is 2. The van der Waals surface area contributed by atoms with Gasteiger partial charge in [0.1, 0.15) is 10.4 Å². The first-order valence-electron chi connectivity index (χ1n) is 11.7. The topological polar surface area (TPSA) is 76.5 Å². The van der Waals surface area contributed by atoms with Gasteiger partial charge in [-0.2, -0.15) is 0 Å². The Balaban J connectivity index is 1.40. The monoisotopic (exact) mass is 488 g/mol. The van der Waals surface area contributed by atoms with Crippen LogP contribution in [0.5, 0.6) is 5.75 Å². The highest BCUT2D eigenvalue weighted by molar-refractivity contribution is 7.17. The number of fused-ring (bicyclic) bond motifs is 1. The van der Waals surface area contributed by atoms with Crippen LogP contribution in [-0.2, 0) is 4.79 Å². The number of rotatable bonds is 5. The van der Waals surface area contributed by atoms with Crippen LogP contribution < -0.4 is 20.5 Å². The molecular formula is C27H28N4O3S. The third kappa shape index (κ3) is 4.66. The number of nitrogens with one attached hydrogen (secondary N) is 1. The molecule has 4 aromatic rings. The molecule has 2 aromatic heterocycles. The second kappa shape index (κ2) is 9.54. The number of aromatic nitrogens is 2. The van der Waals surface area contributed by atoms with Crippen LogP contribution in [0.3, 0.4) is 0 Å². The fourth-order valence-electron chi connectivity index (χ4n) is 4.73. The van der Waals surface area contributed by atoms with E-state index in [1.807, 2.05) is 61.7 Å². The second-order valence-corrected chi connectivity index (χ2v) is 9.93. The van der Waals surface area contributed by atoms with Crippen molar-refractivity contribution in [2.75, 3.05) is 30.4 Å². The minimum atomic E-state index is -0.0945. The van der Waals surface area contributed by atoms with E-state index in [2.05, 4.69) is 16.3 Å². The van der Waals surface area contributed by atoms with Crippen molar-refractivity contribution in [2.45, 2.75) is 26.7 Å². The van der Waals surface area contributed by atoms with Crippen LogP contribution in [0.25, 0.3) is 15.9 Å². The van der Waals surface area contributed by atoms with Crippen molar-refractivity contribution in [2.24, 2.45) is 5.92 Å². The Bertz CT molecular complexity index is 1430. The molecule has 0 aliphatic carbocycles. The molecule has 0 radical (unpaired) electrons. The Morgan fingerprint density at radius 3 is 2.54 bits per heavy atom. The summed E-state index contributed by atoms with van der Waals surface area (Å²) < 4.78 is 7.68. The maximum absolute atomic E-state index is 13.5. The molecule has 2 aromatic carbocycles. The molecule has 35 heavy (non-hydrogen) atoms. The highest BCUT2D eigenvalue weighted by Crippen LogP contribution is 2.28. The molecule has 0 saturated carbocycles. The molecule has 7 nitrogen and oxygen atoms in total. The lowest BCUT2D eigenvalue weighted by atomic mass is 9.96. The van der Waals surface area contributed by atoms with Gasteiger partial charge in [0, 0.05) is 30.8 Å². The van der Waals surface area contributed by atoms with Crippen molar-refractivity contribution in [3.8, 4) is 11.4 Å². The number of methoxy groups -OCH3 is 1. The number of aryl methyl sites for hydroxylation is 2. The zero-order valence-electron chi connectivity index (χ0n) is 20.1. The highest BCUT2D eigenvalue weighted by Gasteiger charge is 2.28. The van der Waals surface area contributed by atoms with Gasteiger partial charge in [-0.05, 0) is 73.5 Å². The molecule has 0 spiro atoms. The summed E-state index contributed by atoms with van der Waals surface area (Å²) >= 11 is 1.40. The lowest BCUT2D eigenvalue weighted by molar-refractivity contribution is -0.120. The zero-order chi connectivity index (χ0) is 24.5. The number of carbonyl (C=O) groups is 1. The van der Waals surface area contributed by atoms with Gasteiger partial charge < -0.3 is 15.0 Å². The van der Waals surface area contributed by atoms with Gasteiger partial charge in [-0.15, -0.1) is 11.3 Å². The standard InChI is InChI=1S/C27H28N4O3S/c1-17-13-18(2)15-20(14-17)28-25(32)19-7-10-30(11-8-19)27-29-23-9-12-35-24(23)26(33)31(27)21-5-4-6-22(16-21)34-3/h4-6,9,12-16,19H,7-8,10-11H2,1-3H3,(H,28,32). The molecule has 0 bridgehead atoms. The molecule has 5 rings (SSSR count). The summed E-state index contributed by atoms with van der Waals surface area (Å²) in [5, 5.41) is 4.98. The fraction of sp³-hybridized carbons (Fsp3) is 0.296. The Morgan fingerprint density at radius 2 is 1.83 bits per heavy atom. The maximum Gasteiger partial charge on any atom is 0.277 e. The number of nitrogens with zero attached hydrogens (tertiary/aromatic N) is 3. The number of thiophene rings is 1. The average molecular weight is 489 g/mol. The number of hydrogen-bond acceptors (Lipinski definition) is 6. The molecule has 1 aliphatic heterocycles. The molecule has 8 heteroatoms. The molecule has 1 amide bonds. The highest BCUT2D eigenvalue weighted by atomic mass is 32.1. The van der Waals surface area contributed by atoms with Crippen LogP contribution in [0.4, 0.5) is 11.6 Å². The van der Waals surface area contributed by atoms with Crippen LogP contribution in [-0.4, -0.2) is 35.7 Å². The van der Waals surface area contributed by atoms with Crippen molar-refractivity contribution in [3.63, 3.8) is 0 Å². The van der Waals surface area contributed by atoms with E-state index in [1.165, 1.54) is 11.3 Å². The quantitative estimate of drug-likeness (QED) is 0.431. The lowest BCUT2D eigenvalue weighted by Crippen LogP contribution is -2.41. The molecule has 180 valence electrons. The second-order valence-electron chi connectivity index (χ2n) is 9.02. The van der Waals surface area contributed by atoms with Crippen molar-refractivity contribution >= 4 is 39.1 Å². The predicted molar refractivity (Wildman–Crippen MR) is 141 cm³/mol. The predicted octanol–water partition coefficient (Wildman–Crippen LogP) is 4.93. The summed E-state index contributed by atoms with van der Waals surface area (Å²) in [6, 6.07) is 15.4. The van der Waals surface area contributed by atoms with Gasteiger partial charge >= 0.3 is 0 Å². The van der Waals surface area contributed by atoms with E-state index in [-0.39, 0.29) is 17.4 Å². The van der Waals surface area contributed by atoms with Crippen molar-refractivity contribution in [3.05, 3.63) is 75.4 Å². The molecule has 1 N–H and O–H groups in total. The largest absolute Gasteiger partial charge is 0.497 e. The van der Waals surface area contributed by atoms with E-state index in [0.29, 0.717) is 53.5 Å². The van der Waals surface area contributed by atoms with E-state index in [0.717, 1.165) is 16.8 Å². The van der Waals surface area contributed by atoms with Gasteiger partial charge in [0.05, 0.1) is 18.3 Å². The Morgan fingerprint density at radius 1 is 1.09 bits per heavy atom. The van der Waals surface area contributed by atoms with Crippen molar-refractivity contribution < 1.29 is 9.53 Å². The first kappa shape index (κ1) is 23.1. The third-order valence-electron chi connectivity index (χ3n) is 6.41. The lowest BCUT2D eigenvalue weighted by Gasteiger charge is -2.33. The normalized spacial score (nSPS) is 14.3. The van der Waals surface area contributed by atoms with Gasteiger partial charge in [0.15, 0.2) is 0 Å². The van der Waals surface area contributed by atoms with Crippen LogP contribution in [0.1, 0.15) is 24.0 Å². The SMILES string of the molecule is COc1cccc(-n2c(N3CCC(C(=O)Nc4cc(C)cc(C)c4)CC3)nc3ccsc3c2=O)c1. The molecule has 1 saturated heterocycles. The molecule has 0 unspecified atom stereocenters. The van der Waals surface area contributed by atoms with Crippen LogP contribution >= 0.6 is 11.3 Å². The van der Waals surface area contributed by atoms with Gasteiger partial charge in [-0.3, -0.25) is 9.59 Å². The Hall–Kier alpha value is -3.65. The molecule has 1 fully saturated rings. The minimum absolute atomic E-state index is 0.0427. The number of amides is 1. The maximum atomic E-state index is 13.5. The fourth-order valence-corrected chi connectivity index (χ4v) is 5.49. The van der Waals surface area contributed by atoms with Gasteiger partial charge in [0.25, 0.3) is 5.56 Å². The smallest absolute Gasteiger partial charge is 0.277 e. The van der Waals surface area contributed by atoms with E-state index >= 15 is 0 Å². The van der Waals surface area contributed by atoms with Crippen LogP contribution in [0.2, 0.25) is 0 Å². The summed E-state index contributed by atoms with van der Waals surface area (Å²) in [7, 11) is 1.61. The first-order chi connectivity index (χ1) is 16.9. The number of carbonyl (C=O) groups excluding carboxylic acids is 1.